The van der Waals surface area contributed by atoms with Gasteiger partial charge in [-0.25, -0.2) is 0 Å². The normalized spacial score (nSPS) is 18.6. The highest BCUT2D eigenvalue weighted by Crippen LogP contribution is 2.42. The number of hydrogen-bond acceptors (Lipinski definition) is 4. The van der Waals surface area contributed by atoms with Crippen molar-refractivity contribution in [2.24, 2.45) is 5.92 Å². The van der Waals surface area contributed by atoms with Crippen LogP contribution in [-0.4, -0.2) is 17.8 Å². The molecule has 1 saturated carbocycles. The molecule has 0 spiro atoms. The molecule has 0 aliphatic heterocycles. The Morgan fingerprint density at radius 3 is 2.88 bits per heavy atom. The highest BCUT2D eigenvalue weighted by Gasteiger charge is 2.45. The van der Waals surface area contributed by atoms with Crippen LogP contribution in [0.3, 0.4) is 0 Å². The van der Waals surface area contributed by atoms with Gasteiger partial charge in [0.25, 0.3) is 0 Å². The molecule has 3 nitrogen and oxygen atoms in total. The van der Waals surface area contributed by atoms with E-state index in [4.69, 9.17) is 4.42 Å². The van der Waals surface area contributed by atoms with Gasteiger partial charge in [0.15, 0.2) is 0 Å². The van der Waals surface area contributed by atoms with Gasteiger partial charge in [0.2, 0.25) is 0 Å². The first-order valence-corrected chi connectivity index (χ1v) is 7.03. The van der Waals surface area contributed by atoms with Gasteiger partial charge in [0.1, 0.15) is 11.3 Å². The third-order valence-electron chi connectivity index (χ3n) is 3.23. The van der Waals surface area contributed by atoms with Crippen molar-refractivity contribution >= 4 is 11.8 Å². The smallest absolute Gasteiger partial charge is 0.119 e. The van der Waals surface area contributed by atoms with Gasteiger partial charge in [-0.15, -0.1) is 11.8 Å². The predicted octanol–water partition coefficient (Wildman–Crippen LogP) is 2.96. The summed E-state index contributed by atoms with van der Waals surface area (Å²) in [6.07, 6.45) is 4.05. The Labute approximate surface area is 107 Å². The van der Waals surface area contributed by atoms with Crippen LogP contribution < -0.4 is 5.32 Å². The average Bonchev–Trinajstić information content (AvgIpc) is 3.10. The largest absolute Gasteiger partial charge is 0.468 e. The van der Waals surface area contributed by atoms with Crippen LogP contribution in [0.25, 0.3) is 0 Å². The molecule has 1 aromatic heterocycles. The highest BCUT2D eigenvalue weighted by atomic mass is 32.2. The SMILES string of the molecule is CCNC(C#N)(CSc1ccoc1C)C1CC1. The lowest BCUT2D eigenvalue weighted by atomic mass is 9.98. The lowest BCUT2D eigenvalue weighted by molar-refractivity contribution is 0.416. The Bertz CT molecular complexity index is 419. The summed E-state index contributed by atoms with van der Waals surface area (Å²) in [6.45, 7) is 4.86. The van der Waals surface area contributed by atoms with Crippen LogP contribution >= 0.6 is 11.8 Å². The quantitative estimate of drug-likeness (QED) is 0.789. The molecule has 1 unspecified atom stereocenters. The maximum absolute atomic E-state index is 9.47. The fourth-order valence-corrected chi connectivity index (χ4v) is 3.27. The Hall–Kier alpha value is -0.920. The summed E-state index contributed by atoms with van der Waals surface area (Å²) < 4.78 is 5.28. The predicted molar refractivity (Wildman–Crippen MR) is 68.9 cm³/mol. The highest BCUT2D eigenvalue weighted by molar-refractivity contribution is 7.99. The minimum Gasteiger partial charge on any atom is -0.468 e. The first-order valence-electron chi connectivity index (χ1n) is 6.05. The molecule has 2 rings (SSSR count). The number of nitrogens with zero attached hydrogens (tertiary/aromatic N) is 1. The van der Waals surface area contributed by atoms with Crippen LogP contribution in [0.4, 0.5) is 0 Å². The summed E-state index contributed by atoms with van der Waals surface area (Å²) in [7, 11) is 0. The average molecular weight is 250 g/mol. The molecule has 1 N–H and O–H groups in total. The van der Waals surface area contributed by atoms with Crippen LogP contribution in [-0.2, 0) is 0 Å². The molecular weight excluding hydrogens is 232 g/mol. The fourth-order valence-electron chi connectivity index (χ4n) is 2.08. The third kappa shape index (κ3) is 2.67. The van der Waals surface area contributed by atoms with E-state index in [1.807, 2.05) is 13.0 Å². The second kappa shape index (κ2) is 5.16. The molecule has 0 radical (unpaired) electrons. The summed E-state index contributed by atoms with van der Waals surface area (Å²) >= 11 is 1.71. The number of nitrogens with one attached hydrogen (secondary N) is 1. The van der Waals surface area contributed by atoms with Gasteiger partial charge < -0.3 is 4.42 Å². The van der Waals surface area contributed by atoms with Crippen LogP contribution in [0.1, 0.15) is 25.5 Å². The molecule has 1 aliphatic carbocycles. The number of hydrogen-bond donors (Lipinski definition) is 1. The molecule has 92 valence electrons. The lowest BCUT2D eigenvalue weighted by Gasteiger charge is -2.27. The van der Waals surface area contributed by atoms with Crippen LogP contribution in [0.5, 0.6) is 0 Å². The van der Waals surface area contributed by atoms with Crippen molar-refractivity contribution in [3.63, 3.8) is 0 Å². The number of nitriles is 1. The van der Waals surface area contributed by atoms with Crippen molar-refractivity contribution in [1.29, 1.82) is 5.26 Å². The summed E-state index contributed by atoms with van der Waals surface area (Å²) in [5.74, 6) is 2.25. The molecule has 17 heavy (non-hydrogen) atoms. The second-order valence-electron chi connectivity index (χ2n) is 4.52. The van der Waals surface area contributed by atoms with Gasteiger partial charge in [0, 0.05) is 10.6 Å². The molecule has 1 atom stereocenters. The fraction of sp³-hybridized carbons (Fsp3) is 0.615. The molecule has 1 fully saturated rings. The van der Waals surface area contributed by atoms with Gasteiger partial charge in [-0.1, -0.05) is 6.92 Å². The summed E-state index contributed by atoms with van der Waals surface area (Å²) in [5.41, 5.74) is -0.358. The minimum absolute atomic E-state index is 0.358. The molecule has 1 aromatic rings. The summed E-state index contributed by atoms with van der Waals surface area (Å²) in [6, 6.07) is 4.47. The Kier molecular flexibility index (Phi) is 3.80. The monoisotopic (exact) mass is 250 g/mol. The van der Waals surface area contributed by atoms with Crippen molar-refractivity contribution in [3.05, 3.63) is 18.1 Å². The van der Waals surface area contributed by atoms with E-state index < -0.39 is 0 Å². The summed E-state index contributed by atoms with van der Waals surface area (Å²) in [5, 5.41) is 12.8. The molecular formula is C13H18N2OS. The first-order chi connectivity index (χ1) is 8.22. The van der Waals surface area contributed by atoms with Crippen LogP contribution in [0.2, 0.25) is 0 Å². The Balaban J connectivity index is 2.03. The van der Waals surface area contributed by atoms with E-state index in [1.54, 1.807) is 18.0 Å². The molecule has 0 bridgehead atoms. The van der Waals surface area contributed by atoms with E-state index in [0.717, 1.165) is 23.0 Å². The maximum atomic E-state index is 9.47. The second-order valence-corrected chi connectivity index (χ2v) is 5.53. The number of thioether (sulfide) groups is 1. The van der Waals surface area contributed by atoms with E-state index in [2.05, 4.69) is 18.3 Å². The van der Waals surface area contributed by atoms with Crippen molar-refractivity contribution in [2.75, 3.05) is 12.3 Å². The zero-order valence-electron chi connectivity index (χ0n) is 10.3. The van der Waals surface area contributed by atoms with Gasteiger partial charge >= 0.3 is 0 Å². The zero-order chi connectivity index (χ0) is 12.3. The molecule has 0 saturated heterocycles. The van der Waals surface area contributed by atoms with E-state index in [0.29, 0.717) is 5.92 Å². The van der Waals surface area contributed by atoms with E-state index in [1.165, 1.54) is 12.8 Å². The van der Waals surface area contributed by atoms with Crippen molar-refractivity contribution in [1.82, 2.24) is 5.32 Å². The van der Waals surface area contributed by atoms with Crippen LogP contribution in [0, 0.1) is 24.2 Å². The molecule has 1 aliphatic rings. The van der Waals surface area contributed by atoms with E-state index in [-0.39, 0.29) is 5.54 Å². The first kappa shape index (κ1) is 12.5. The Morgan fingerprint density at radius 2 is 2.41 bits per heavy atom. The van der Waals surface area contributed by atoms with E-state index in [9.17, 15) is 5.26 Å². The minimum atomic E-state index is -0.358. The van der Waals surface area contributed by atoms with E-state index >= 15 is 0 Å². The van der Waals surface area contributed by atoms with Crippen molar-refractivity contribution < 1.29 is 4.42 Å². The standard InChI is InChI=1S/C13H18N2OS/c1-3-15-13(8-14,11-4-5-11)9-17-12-6-7-16-10(12)2/h6-7,11,15H,3-5,9H2,1-2H3. The van der Waals surface area contributed by atoms with Gasteiger partial charge in [-0.3, -0.25) is 5.32 Å². The Morgan fingerprint density at radius 1 is 1.65 bits per heavy atom. The topological polar surface area (TPSA) is 49.0 Å². The summed E-state index contributed by atoms with van der Waals surface area (Å²) in [4.78, 5) is 1.14. The lowest BCUT2D eigenvalue weighted by Crippen LogP contribution is -2.48. The maximum Gasteiger partial charge on any atom is 0.119 e. The van der Waals surface area contributed by atoms with Crippen molar-refractivity contribution in [3.8, 4) is 6.07 Å². The molecule has 4 heteroatoms. The molecule has 1 heterocycles. The number of aryl methyl sites for hydroxylation is 1. The zero-order valence-corrected chi connectivity index (χ0v) is 11.1. The third-order valence-corrected chi connectivity index (χ3v) is 4.57. The number of furan rings is 1. The van der Waals surface area contributed by atoms with Gasteiger partial charge in [-0.05, 0) is 38.3 Å². The number of rotatable bonds is 6. The van der Waals surface area contributed by atoms with Crippen molar-refractivity contribution in [2.45, 2.75) is 37.1 Å². The molecule has 0 amide bonds. The van der Waals surface area contributed by atoms with Crippen LogP contribution in [0.15, 0.2) is 21.6 Å². The molecule has 0 aromatic carbocycles. The van der Waals surface area contributed by atoms with Gasteiger partial charge in [0.05, 0.1) is 12.3 Å². The van der Waals surface area contributed by atoms with Gasteiger partial charge in [-0.2, -0.15) is 5.26 Å².